The second kappa shape index (κ2) is 6.14. The quantitative estimate of drug-likeness (QED) is 0.594. The van der Waals surface area contributed by atoms with Crippen LogP contribution in [-0.4, -0.2) is 42.5 Å². The van der Waals surface area contributed by atoms with E-state index in [0.717, 1.165) is 30.6 Å². The van der Waals surface area contributed by atoms with Crippen LogP contribution >= 0.6 is 0 Å². The molecule has 0 radical (unpaired) electrons. The average molecular weight is 268 g/mol. The van der Waals surface area contributed by atoms with Crippen molar-refractivity contribution in [2.45, 2.75) is 32.6 Å². The maximum absolute atomic E-state index is 12.3. The maximum atomic E-state index is 12.3. The van der Waals surface area contributed by atoms with Crippen molar-refractivity contribution >= 4 is 17.8 Å². The molecule has 0 bridgehead atoms. The monoisotopic (exact) mass is 268 g/mol. The average Bonchev–Trinajstić information content (AvgIpc) is 2.87. The van der Waals surface area contributed by atoms with Gasteiger partial charge in [-0.15, -0.1) is 0 Å². The van der Waals surface area contributed by atoms with Crippen molar-refractivity contribution < 1.29 is 19.1 Å². The molecular formula is C13H20N2O4. The number of nitrogens with one attached hydrogen (secondary N) is 1. The van der Waals surface area contributed by atoms with Gasteiger partial charge in [0.2, 0.25) is 11.8 Å². The summed E-state index contributed by atoms with van der Waals surface area (Å²) in [5.41, 5.74) is 0. The number of barbiturate groups is 1. The zero-order valence-corrected chi connectivity index (χ0v) is 11.2. The maximum Gasteiger partial charge on any atom is 0.330 e. The Bertz CT molecular complexity index is 377. The number of carbonyl (C=O) groups is 3. The van der Waals surface area contributed by atoms with E-state index in [9.17, 15) is 14.4 Å². The molecule has 19 heavy (non-hydrogen) atoms. The minimum atomic E-state index is -0.693. The molecule has 0 aromatic rings. The largest absolute Gasteiger partial charge is 0.380 e. The van der Waals surface area contributed by atoms with Gasteiger partial charge < -0.3 is 4.74 Å². The van der Waals surface area contributed by atoms with E-state index in [0.29, 0.717) is 13.2 Å². The van der Waals surface area contributed by atoms with Gasteiger partial charge in [0.25, 0.3) is 0 Å². The number of imide groups is 2. The molecule has 1 saturated carbocycles. The Labute approximate surface area is 112 Å². The molecule has 0 aromatic carbocycles. The molecule has 2 fully saturated rings. The molecule has 4 amide bonds. The number of hydrogen-bond donors (Lipinski definition) is 1. The first-order valence-electron chi connectivity index (χ1n) is 6.89. The number of carbonyl (C=O) groups excluding carboxylic acids is 3. The summed E-state index contributed by atoms with van der Waals surface area (Å²) < 4.78 is 5.16. The third-order valence-electron chi connectivity index (χ3n) is 3.82. The van der Waals surface area contributed by atoms with Crippen LogP contribution in [0.1, 0.15) is 32.6 Å². The number of nitrogens with zero attached hydrogens (tertiary/aromatic N) is 1. The minimum Gasteiger partial charge on any atom is -0.380 e. The summed E-state index contributed by atoms with van der Waals surface area (Å²) >= 11 is 0. The lowest BCUT2D eigenvalue weighted by atomic mass is 9.87. The molecule has 1 aliphatic carbocycles. The molecule has 1 heterocycles. The number of urea groups is 1. The molecule has 1 saturated heterocycles. The van der Waals surface area contributed by atoms with Crippen LogP contribution in [0.2, 0.25) is 0 Å². The van der Waals surface area contributed by atoms with Crippen molar-refractivity contribution in [3.63, 3.8) is 0 Å². The molecule has 2 aliphatic rings. The molecule has 2 rings (SSSR count). The van der Waals surface area contributed by atoms with E-state index in [-0.39, 0.29) is 18.4 Å². The lowest BCUT2D eigenvalue weighted by molar-refractivity contribution is -0.145. The van der Waals surface area contributed by atoms with E-state index in [1.807, 2.05) is 6.92 Å². The van der Waals surface area contributed by atoms with Crippen LogP contribution in [0.25, 0.3) is 0 Å². The highest BCUT2D eigenvalue weighted by molar-refractivity contribution is 6.16. The van der Waals surface area contributed by atoms with Gasteiger partial charge in [0.05, 0.1) is 13.2 Å². The van der Waals surface area contributed by atoms with Crippen molar-refractivity contribution in [2.75, 3.05) is 19.8 Å². The summed E-state index contributed by atoms with van der Waals surface area (Å²) in [4.78, 5) is 37.0. The Kier molecular flexibility index (Phi) is 4.52. The molecule has 1 atom stereocenters. The van der Waals surface area contributed by atoms with Gasteiger partial charge in [-0.3, -0.25) is 19.8 Å². The third kappa shape index (κ3) is 2.94. The fourth-order valence-corrected chi connectivity index (χ4v) is 2.85. The standard InChI is InChI=1S/C13H20N2O4/c1-2-19-8-7-15-12(17)10(9-5-3-4-6-9)11(16)14-13(15)18/h9-10H,2-8H2,1H3,(H,14,16,18). The van der Waals surface area contributed by atoms with Crippen molar-refractivity contribution in [2.24, 2.45) is 11.8 Å². The normalized spacial score (nSPS) is 25.0. The Morgan fingerprint density at radius 3 is 2.58 bits per heavy atom. The molecule has 0 aromatic heterocycles. The van der Waals surface area contributed by atoms with Gasteiger partial charge in [0.1, 0.15) is 5.92 Å². The highest BCUT2D eigenvalue weighted by Gasteiger charge is 2.44. The van der Waals surface area contributed by atoms with Crippen molar-refractivity contribution in [1.82, 2.24) is 10.2 Å². The Balaban J connectivity index is 2.05. The van der Waals surface area contributed by atoms with Gasteiger partial charge in [0, 0.05) is 6.61 Å². The van der Waals surface area contributed by atoms with Crippen LogP contribution < -0.4 is 5.32 Å². The molecule has 106 valence electrons. The van der Waals surface area contributed by atoms with Gasteiger partial charge >= 0.3 is 6.03 Å². The highest BCUT2D eigenvalue weighted by atomic mass is 16.5. The van der Waals surface area contributed by atoms with Crippen molar-refractivity contribution in [3.8, 4) is 0 Å². The Morgan fingerprint density at radius 1 is 1.26 bits per heavy atom. The van der Waals surface area contributed by atoms with Gasteiger partial charge in [-0.1, -0.05) is 12.8 Å². The van der Waals surface area contributed by atoms with Crippen LogP contribution in [-0.2, 0) is 14.3 Å². The first-order chi connectivity index (χ1) is 9.15. The zero-order chi connectivity index (χ0) is 13.8. The van der Waals surface area contributed by atoms with E-state index >= 15 is 0 Å². The second-order valence-electron chi connectivity index (χ2n) is 5.00. The molecule has 1 N–H and O–H groups in total. The molecular weight excluding hydrogens is 248 g/mol. The predicted molar refractivity (Wildman–Crippen MR) is 67.2 cm³/mol. The third-order valence-corrected chi connectivity index (χ3v) is 3.82. The molecule has 0 spiro atoms. The SMILES string of the molecule is CCOCCN1C(=O)NC(=O)C(C2CCCC2)C1=O. The zero-order valence-electron chi connectivity index (χ0n) is 11.2. The molecule has 6 nitrogen and oxygen atoms in total. The van der Waals surface area contributed by atoms with E-state index < -0.39 is 17.9 Å². The predicted octanol–water partition coefficient (Wildman–Crippen LogP) is 0.908. The molecule has 1 aliphatic heterocycles. The van der Waals surface area contributed by atoms with Crippen LogP contribution in [0, 0.1) is 11.8 Å². The molecule has 1 unspecified atom stereocenters. The van der Waals surface area contributed by atoms with Crippen LogP contribution in [0.4, 0.5) is 4.79 Å². The Hall–Kier alpha value is -1.43. The van der Waals surface area contributed by atoms with Crippen LogP contribution in [0.15, 0.2) is 0 Å². The van der Waals surface area contributed by atoms with Crippen molar-refractivity contribution in [3.05, 3.63) is 0 Å². The van der Waals surface area contributed by atoms with E-state index in [4.69, 9.17) is 4.74 Å². The minimum absolute atomic E-state index is 0.0789. The number of ether oxygens (including phenoxy) is 1. The van der Waals surface area contributed by atoms with Gasteiger partial charge in [-0.05, 0) is 25.7 Å². The number of rotatable bonds is 5. The Morgan fingerprint density at radius 2 is 1.95 bits per heavy atom. The van der Waals surface area contributed by atoms with Crippen LogP contribution in [0.3, 0.4) is 0 Å². The van der Waals surface area contributed by atoms with Gasteiger partial charge in [-0.25, -0.2) is 4.79 Å². The smallest absolute Gasteiger partial charge is 0.330 e. The van der Waals surface area contributed by atoms with E-state index in [1.54, 1.807) is 0 Å². The summed E-state index contributed by atoms with van der Waals surface area (Å²) in [6.45, 7) is 2.90. The summed E-state index contributed by atoms with van der Waals surface area (Å²) in [6.07, 6.45) is 3.87. The first kappa shape index (κ1) is 14.0. The van der Waals surface area contributed by atoms with E-state index in [1.165, 1.54) is 0 Å². The highest BCUT2D eigenvalue weighted by Crippen LogP contribution is 2.33. The summed E-state index contributed by atoms with van der Waals surface area (Å²) in [7, 11) is 0. The number of amides is 4. The summed E-state index contributed by atoms with van der Waals surface area (Å²) in [5, 5.41) is 2.29. The topological polar surface area (TPSA) is 75.7 Å². The van der Waals surface area contributed by atoms with Crippen molar-refractivity contribution in [1.29, 1.82) is 0 Å². The van der Waals surface area contributed by atoms with Gasteiger partial charge in [-0.2, -0.15) is 0 Å². The molecule has 6 heteroatoms. The van der Waals surface area contributed by atoms with E-state index in [2.05, 4.69) is 5.32 Å². The lowest BCUT2D eigenvalue weighted by Crippen LogP contribution is -2.60. The summed E-state index contributed by atoms with van der Waals surface area (Å²) in [6, 6.07) is -0.621. The summed E-state index contributed by atoms with van der Waals surface area (Å²) in [5.74, 6) is -1.41. The number of hydrogen-bond acceptors (Lipinski definition) is 4. The first-order valence-corrected chi connectivity index (χ1v) is 6.89. The fraction of sp³-hybridized carbons (Fsp3) is 0.769. The lowest BCUT2D eigenvalue weighted by Gasteiger charge is -2.32. The van der Waals surface area contributed by atoms with Crippen LogP contribution in [0.5, 0.6) is 0 Å². The fourth-order valence-electron chi connectivity index (χ4n) is 2.85. The second-order valence-corrected chi connectivity index (χ2v) is 5.00. The van der Waals surface area contributed by atoms with Gasteiger partial charge in [0.15, 0.2) is 0 Å².